The van der Waals surface area contributed by atoms with Crippen molar-refractivity contribution < 1.29 is 4.74 Å². The molecule has 0 unspecified atom stereocenters. The van der Waals surface area contributed by atoms with Crippen molar-refractivity contribution in [1.29, 1.82) is 0 Å². The van der Waals surface area contributed by atoms with Gasteiger partial charge in [-0.05, 0) is 36.4 Å². The Hall–Kier alpha value is -3.81. The zero-order chi connectivity index (χ0) is 20.5. The maximum Gasteiger partial charge on any atom is 0.168 e. The molecule has 152 valence electrons. The van der Waals surface area contributed by atoms with Gasteiger partial charge in [0, 0.05) is 31.9 Å². The van der Waals surface area contributed by atoms with E-state index in [1.807, 2.05) is 53.3 Å². The highest BCUT2D eigenvalue weighted by molar-refractivity contribution is 5.87. The summed E-state index contributed by atoms with van der Waals surface area (Å²) >= 11 is 0. The fraction of sp³-hybridized carbons (Fsp3) is 0.227. The van der Waals surface area contributed by atoms with Gasteiger partial charge in [-0.2, -0.15) is 5.10 Å². The van der Waals surface area contributed by atoms with E-state index in [0.29, 0.717) is 0 Å². The number of methoxy groups -OCH3 is 1. The molecule has 5 rings (SSSR count). The van der Waals surface area contributed by atoms with E-state index in [9.17, 15) is 0 Å². The lowest BCUT2D eigenvalue weighted by Crippen LogP contribution is -2.47. The highest BCUT2D eigenvalue weighted by atomic mass is 16.5. The largest absolute Gasteiger partial charge is 0.495 e. The predicted octanol–water partition coefficient (Wildman–Crippen LogP) is 2.73. The number of rotatable bonds is 4. The first kappa shape index (κ1) is 18.2. The SMILES string of the molecule is COc1ccccc1N1CCN(c2ncnc3c2cnn3-c2ccc(N)cc2)CC1. The number of ether oxygens (including phenoxy) is 1. The number of anilines is 3. The predicted molar refractivity (Wildman–Crippen MR) is 118 cm³/mol. The zero-order valence-corrected chi connectivity index (χ0v) is 16.8. The number of aromatic nitrogens is 4. The topological polar surface area (TPSA) is 85.3 Å². The molecular weight excluding hydrogens is 378 g/mol. The van der Waals surface area contributed by atoms with E-state index in [-0.39, 0.29) is 0 Å². The van der Waals surface area contributed by atoms with Gasteiger partial charge in [0.2, 0.25) is 0 Å². The Morgan fingerprint density at radius 3 is 2.40 bits per heavy atom. The summed E-state index contributed by atoms with van der Waals surface area (Å²) in [4.78, 5) is 13.7. The van der Waals surface area contributed by atoms with Crippen molar-refractivity contribution in [2.45, 2.75) is 0 Å². The molecule has 1 fully saturated rings. The number of fused-ring (bicyclic) bond motifs is 1. The average Bonchev–Trinajstić information content (AvgIpc) is 3.24. The molecule has 3 heterocycles. The van der Waals surface area contributed by atoms with Crippen LogP contribution in [-0.2, 0) is 0 Å². The summed E-state index contributed by atoms with van der Waals surface area (Å²) in [7, 11) is 1.71. The lowest BCUT2D eigenvalue weighted by Gasteiger charge is -2.37. The van der Waals surface area contributed by atoms with E-state index in [2.05, 4.69) is 30.9 Å². The highest BCUT2D eigenvalue weighted by Gasteiger charge is 2.23. The number of hydrogen-bond donors (Lipinski definition) is 1. The molecule has 4 aromatic rings. The molecule has 30 heavy (non-hydrogen) atoms. The number of hydrogen-bond acceptors (Lipinski definition) is 7. The summed E-state index contributed by atoms with van der Waals surface area (Å²) in [5, 5.41) is 5.50. The van der Waals surface area contributed by atoms with Gasteiger partial charge in [0.05, 0.1) is 30.1 Å². The second kappa shape index (κ2) is 7.55. The van der Waals surface area contributed by atoms with Gasteiger partial charge in [-0.3, -0.25) is 0 Å². The van der Waals surface area contributed by atoms with Crippen LogP contribution in [0.1, 0.15) is 0 Å². The number of nitrogens with zero attached hydrogens (tertiary/aromatic N) is 6. The molecule has 0 atom stereocenters. The van der Waals surface area contributed by atoms with Crippen LogP contribution < -0.4 is 20.3 Å². The van der Waals surface area contributed by atoms with E-state index in [0.717, 1.165) is 65.8 Å². The van der Waals surface area contributed by atoms with Gasteiger partial charge in [-0.1, -0.05) is 12.1 Å². The van der Waals surface area contributed by atoms with Gasteiger partial charge in [-0.15, -0.1) is 0 Å². The van der Waals surface area contributed by atoms with Crippen molar-refractivity contribution >= 4 is 28.2 Å². The Kier molecular flexibility index (Phi) is 4.59. The van der Waals surface area contributed by atoms with Crippen LogP contribution in [0.2, 0.25) is 0 Å². The molecule has 1 saturated heterocycles. The fourth-order valence-electron chi connectivity index (χ4n) is 3.94. The fourth-order valence-corrected chi connectivity index (χ4v) is 3.94. The van der Waals surface area contributed by atoms with Crippen molar-refractivity contribution in [3.63, 3.8) is 0 Å². The lowest BCUT2D eigenvalue weighted by atomic mass is 10.2. The minimum Gasteiger partial charge on any atom is -0.495 e. The average molecular weight is 401 g/mol. The molecule has 8 nitrogen and oxygen atoms in total. The van der Waals surface area contributed by atoms with Crippen molar-refractivity contribution in [2.75, 3.05) is 48.8 Å². The maximum absolute atomic E-state index is 5.81. The normalized spacial score (nSPS) is 14.3. The number of nitrogen functional groups attached to an aromatic ring is 1. The molecule has 8 heteroatoms. The third-order valence-electron chi connectivity index (χ3n) is 5.49. The van der Waals surface area contributed by atoms with Crippen LogP contribution in [0.5, 0.6) is 5.75 Å². The number of benzene rings is 2. The standard InChI is InChI=1S/C22H23N7O/c1-30-20-5-3-2-4-19(20)27-10-12-28(13-11-27)21-18-14-26-29(22(18)25-15-24-21)17-8-6-16(23)7-9-17/h2-9,14-15H,10-13,23H2,1H3. The number of piperazine rings is 1. The zero-order valence-electron chi connectivity index (χ0n) is 16.8. The van der Waals surface area contributed by atoms with Crippen LogP contribution >= 0.6 is 0 Å². The van der Waals surface area contributed by atoms with Crippen LogP contribution in [0.3, 0.4) is 0 Å². The summed E-state index contributed by atoms with van der Waals surface area (Å²) < 4.78 is 7.35. The summed E-state index contributed by atoms with van der Waals surface area (Å²) in [5.74, 6) is 1.82. The first-order valence-corrected chi connectivity index (χ1v) is 9.92. The first-order valence-electron chi connectivity index (χ1n) is 9.92. The van der Waals surface area contributed by atoms with E-state index in [1.54, 1.807) is 13.4 Å². The Labute approximate surface area is 174 Å². The minimum atomic E-state index is 0.721. The van der Waals surface area contributed by atoms with Gasteiger partial charge in [0.1, 0.15) is 17.9 Å². The summed E-state index contributed by atoms with van der Waals surface area (Å²) in [6, 6.07) is 15.8. The van der Waals surface area contributed by atoms with Crippen LogP contribution in [0.25, 0.3) is 16.7 Å². The molecular formula is C22H23N7O. The van der Waals surface area contributed by atoms with Crippen molar-refractivity contribution in [3.8, 4) is 11.4 Å². The van der Waals surface area contributed by atoms with Crippen molar-refractivity contribution in [3.05, 3.63) is 61.1 Å². The van der Waals surface area contributed by atoms with Gasteiger partial charge in [0.15, 0.2) is 5.65 Å². The first-order chi connectivity index (χ1) is 14.7. The van der Waals surface area contributed by atoms with Gasteiger partial charge in [-0.25, -0.2) is 14.6 Å². The molecule has 1 aliphatic rings. The molecule has 0 spiro atoms. The van der Waals surface area contributed by atoms with Crippen LogP contribution in [0, 0.1) is 0 Å². The Bertz CT molecular complexity index is 1160. The van der Waals surface area contributed by atoms with Gasteiger partial charge in [0.25, 0.3) is 0 Å². The lowest BCUT2D eigenvalue weighted by molar-refractivity contribution is 0.413. The second-order valence-electron chi connectivity index (χ2n) is 7.23. The smallest absolute Gasteiger partial charge is 0.168 e. The molecule has 0 saturated carbocycles. The van der Waals surface area contributed by atoms with E-state index >= 15 is 0 Å². The summed E-state index contributed by atoms with van der Waals surface area (Å²) in [6.07, 6.45) is 3.45. The molecule has 2 N–H and O–H groups in total. The van der Waals surface area contributed by atoms with E-state index in [4.69, 9.17) is 10.5 Å². The maximum atomic E-state index is 5.81. The Balaban J connectivity index is 1.40. The van der Waals surface area contributed by atoms with E-state index in [1.165, 1.54) is 0 Å². The minimum absolute atomic E-state index is 0.721. The second-order valence-corrected chi connectivity index (χ2v) is 7.23. The number of para-hydroxylation sites is 2. The van der Waals surface area contributed by atoms with Crippen LogP contribution in [0.4, 0.5) is 17.2 Å². The molecule has 2 aromatic heterocycles. The molecule has 0 amide bonds. The third-order valence-corrected chi connectivity index (χ3v) is 5.49. The van der Waals surface area contributed by atoms with Gasteiger partial charge < -0.3 is 20.3 Å². The van der Waals surface area contributed by atoms with Crippen molar-refractivity contribution in [1.82, 2.24) is 19.7 Å². The molecule has 0 radical (unpaired) electrons. The quantitative estimate of drug-likeness (QED) is 0.526. The molecule has 0 bridgehead atoms. The third kappa shape index (κ3) is 3.16. The Morgan fingerprint density at radius 1 is 0.900 bits per heavy atom. The summed E-state index contributed by atoms with van der Waals surface area (Å²) in [5.41, 5.74) is 9.37. The van der Waals surface area contributed by atoms with Crippen LogP contribution in [0.15, 0.2) is 61.1 Å². The Morgan fingerprint density at radius 2 is 1.63 bits per heavy atom. The highest BCUT2D eigenvalue weighted by Crippen LogP contribution is 2.30. The molecule has 2 aromatic carbocycles. The molecule has 1 aliphatic heterocycles. The van der Waals surface area contributed by atoms with Gasteiger partial charge >= 0.3 is 0 Å². The van der Waals surface area contributed by atoms with Crippen LogP contribution in [-0.4, -0.2) is 53.0 Å². The van der Waals surface area contributed by atoms with E-state index < -0.39 is 0 Å². The molecule has 0 aliphatic carbocycles. The number of nitrogens with two attached hydrogens (primary N) is 1. The summed E-state index contributed by atoms with van der Waals surface area (Å²) in [6.45, 7) is 3.49. The van der Waals surface area contributed by atoms with Crippen molar-refractivity contribution in [2.24, 2.45) is 0 Å². The monoisotopic (exact) mass is 401 g/mol.